The second-order valence-electron chi connectivity index (χ2n) is 6.33. The minimum absolute atomic E-state index is 0.181. The summed E-state index contributed by atoms with van der Waals surface area (Å²) < 4.78 is 0. The van der Waals surface area contributed by atoms with Gasteiger partial charge in [-0.15, -0.1) is 0 Å². The Morgan fingerprint density at radius 3 is 2.38 bits per heavy atom. The van der Waals surface area contributed by atoms with Crippen molar-refractivity contribution in [2.45, 2.75) is 70.2 Å². The molecular formula is C23H30O3. The minimum Gasteiger partial charge on any atom is -0.390 e. The van der Waals surface area contributed by atoms with E-state index in [1.54, 1.807) is 12.2 Å². The first kappa shape index (κ1) is 22.0. The molecule has 0 saturated heterocycles. The highest BCUT2D eigenvalue weighted by Gasteiger charge is 2.14. The van der Waals surface area contributed by atoms with Gasteiger partial charge in [0.2, 0.25) is 0 Å². The standard InChI is InChI=1S/C23H30O3/c1-2-3-4-5-11-16-22(25)23(26)17-12-7-10-15-21(24)19-18-20-13-8-6-9-14-20/h6,8-9,13-14,18-19,21-26H,2-5,11,16-17H2,1H3/b19-18+/t21-,22-,23-/m1/s1. The molecule has 0 saturated carbocycles. The Morgan fingerprint density at radius 1 is 0.923 bits per heavy atom. The van der Waals surface area contributed by atoms with Gasteiger partial charge in [-0.25, -0.2) is 0 Å². The van der Waals surface area contributed by atoms with Crippen molar-refractivity contribution in [3.63, 3.8) is 0 Å². The van der Waals surface area contributed by atoms with Gasteiger partial charge < -0.3 is 15.3 Å². The first-order valence-electron chi connectivity index (χ1n) is 9.39. The number of aliphatic hydroxyl groups is 3. The zero-order valence-corrected chi connectivity index (χ0v) is 15.6. The molecule has 1 aromatic carbocycles. The van der Waals surface area contributed by atoms with Gasteiger partial charge in [-0.2, -0.15) is 0 Å². The lowest BCUT2D eigenvalue weighted by atomic mass is 10.0. The fourth-order valence-electron chi connectivity index (χ4n) is 2.41. The maximum Gasteiger partial charge on any atom is 0.134 e. The molecule has 3 N–H and O–H groups in total. The summed E-state index contributed by atoms with van der Waals surface area (Å²) in [5.74, 6) is 10.5. The van der Waals surface area contributed by atoms with E-state index in [-0.39, 0.29) is 6.42 Å². The van der Waals surface area contributed by atoms with Crippen LogP contribution in [0.15, 0.2) is 36.4 Å². The Bertz CT molecular complexity index is 628. The molecule has 26 heavy (non-hydrogen) atoms. The van der Waals surface area contributed by atoms with Gasteiger partial charge in [-0.3, -0.25) is 0 Å². The average molecular weight is 354 g/mol. The molecule has 3 nitrogen and oxygen atoms in total. The summed E-state index contributed by atoms with van der Waals surface area (Å²) in [5.41, 5.74) is 0.992. The molecule has 0 amide bonds. The predicted octanol–water partition coefficient (Wildman–Crippen LogP) is 3.54. The molecule has 3 atom stereocenters. The van der Waals surface area contributed by atoms with Crippen LogP contribution in [0, 0.1) is 23.7 Å². The normalized spacial score (nSPS) is 14.0. The third-order valence-corrected chi connectivity index (χ3v) is 4.00. The Morgan fingerprint density at radius 2 is 1.65 bits per heavy atom. The predicted molar refractivity (Wildman–Crippen MR) is 107 cm³/mol. The number of hydrogen-bond acceptors (Lipinski definition) is 3. The van der Waals surface area contributed by atoms with Crippen LogP contribution in [0.2, 0.25) is 0 Å². The molecule has 1 aromatic rings. The van der Waals surface area contributed by atoms with E-state index < -0.39 is 18.3 Å². The number of unbranched alkanes of at least 4 members (excludes halogenated alkanes) is 4. The molecule has 0 aromatic heterocycles. The topological polar surface area (TPSA) is 60.7 Å². The third kappa shape index (κ3) is 10.7. The van der Waals surface area contributed by atoms with Crippen molar-refractivity contribution < 1.29 is 15.3 Å². The summed E-state index contributed by atoms with van der Waals surface area (Å²) in [6.45, 7) is 2.17. The Balaban J connectivity index is 2.28. The van der Waals surface area contributed by atoms with Crippen molar-refractivity contribution in [2.24, 2.45) is 0 Å². The Hall–Kier alpha value is -2.04. The van der Waals surface area contributed by atoms with Gasteiger partial charge in [0.1, 0.15) is 6.10 Å². The van der Waals surface area contributed by atoms with Gasteiger partial charge in [0.25, 0.3) is 0 Å². The van der Waals surface area contributed by atoms with Crippen molar-refractivity contribution in [1.29, 1.82) is 0 Å². The summed E-state index contributed by atoms with van der Waals surface area (Å²) in [5, 5.41) is 29.5. The molecule has 0 radical (unpaired) electrons. The Kier molecular flexibility index (Phi) is 12.0. The number of aliphatic hydroxyl groups excluding tert-OH is 3. The van der Waals surface area contributed by atoms with Crippen LogP contribution in [0.25, 0.3) is 6.08 Å². The smallest absolute Gasteiger partial charge is 0.134 e. The lowest BCUT2D eigenvalue weighted by Crippen LogP contribution is -2.25. The second kappa shape index (κ2) is 14.2. The zero-order valence-electron chi connectivity index (χ0n) is 15.6. The first-order valence-corrected chi connectivity index (χ1v) is 9.39. The molecule has 0 unspecified atom stereocenters. The lowest BCUT2D eigenvalue weighted by molar-refractivity contribution is 0.0165. The number of rotatable bonds is 10. The Labute approximate surface area is 157 Å². The van der Waals surface area contributed by atoms with Crippen molar-refractivity contribution in [2.75, 3.05) is 0 Å². The van der Waals surface area contributed by atoms with Crippen LogP contribution >= 0.6 is 0 Å². The molecule has 0 aliphatic heterocycles. The van der Waals surface area contributed by atoms with E-state index in [1.165, 1.54) is 19.3 Å². The van der Waals surface area contributed by atoms with Crippen LogP contribution < -0.4 is 0 Å². The molecule has 0 spiro atoms. The number of hydrogen-bond donors (Lipinski definition) is 3. The largest absolute Gasteiger partial charge is 0.390 e. The molecule has 3 heteroatoms. The van der Waals surface area contributed by atoms with Crippen molar-refractivity contribution >= 4 is 6.08 Å². The van der Waals surface area contributed by atoms with E-state index in [0.717, 1.165) is 18.4 Å². The highest BCUT2D eigenvalue weighted by molar-refractivity contribution is 5.50. The highest BCUT2D eigenvalue weighted by Crippen LogP contribution is 2.10. The molecule has 1 rings (SSSR count). The molecule has 0 heterocycles. The van der Waals surface area contributed by atoms with Gasteiger partial charge in [0, 0.05) is 6.42 Å². The first-order chi connectivity index (χ1) is 12.6. The van der Waals surface area contributed by atoms with Gasteiger partial charge in [-0.1, -0.05) is 87.3 Å². The van der Waals surface area contributed by atoms with Crippen LogP contribution in [0.3, 0.4) is 0 Å². The van der Waals surface area contributed by atoms with Crippen molar-refractivity contribution in [3.05, 3.63) is 42.0 Å². The quantitative estimate of drug-likeness (QED) is 0.445. The van der Waals surface area contributed by atoms with E-state index in [4.69, 9.17) is 0 Å². The molecule has 0 fully saturated rings. The van der Waals surface area contributed by atoms with Crippen LogP contribution in [-0.4, -0.2) is 33.6 Å². The fourth-order valence-corrected chi connectivity index (χ4v) is 2.41. The van der Waals surface area contributed by atoms with E-state index in [0.29, 0.717) is 6.42 Å². The maximum absolute atomic E-state index is 9.89. The van der Waals surface area contributed by atoms with Gasteiger partial charge in [0.15, 0.2) is 0 Å². The maximum atomic E-state index is 9.89. The monoisotopic (exact) mass is 354 g/mol. The molecule has 0 aliphatic carbocycles. The van der Waals surface area contributed by atoms with Gasteiger partial charge in [-0.05, 0) is 29.9 Å². The second-order valence-corrected chi connectivity index (χ2v) is 6.33. The highest BCUT2D eigenvalue weighted by atomic mass is 16.3. The van der Waals surface area contributed by atoms with Crippen LogP contribution in [0.1, 0.15) is 57.4 Å². The number of benzene rings is 1. The minimum atomic E-state index is -0.886. The molecule has 0 bridgehead atoms. The van der Waals surface area contributed by atoms with Crippen molar-refractivity contribution in [3.8, 4) is 23.7 Å². The summed E-state index contributed by atoms with van der Waals surface area (Å²) in [7, 11) is 0. The molecule has 140 valence electrons. The van der Waals surface area contributed by atoms with Gasteiger partial charge in [0.05, 0.1) is 12.2 Å². The molecular weight excluding hydrogens is 324 g/mol. The van der Waals surface area contributed by atoms with Crippen LogP contribution in [0.4, 0.5) is 0 Å². The van der Waals surface area contributed by atoms with E-state index in [2.05, 4.69) is 30.6 Å². The summed E-state index contributed by atoms with van der Waals surface area (Å²) >= 11 is 0. The van der Waals surface area contributed by atoms with E-state index in [1.807, 2.05) is 30.3 Å². The van der Waals surface area contributed by atoms with Crippen LogP contribution in [-0.2, 0) is 0 Å². The average Bonchev–Trinajstić information content (AvgIpc) is 2.66. The summed E-state index contributed by atoms with van der Waals surface area (Å²) in [4.78, 5) is 0. The van der Waals surface area contributed by atoms with E-state index >= 15 is 0 Å². The summed E-state index contributed by atoms with van der Waals surface area (Å²) in [6.07, 6.45) is 7.30. The zero-order chi connectivity index (χ0) is 19.0. The fraction of sp³-hybridized carbons (Fsp3) is 0.478. The van der Waals surface area contributed by atoms with Gasteiger partial charge >= 0.3 is 0 Å². The molecule has 0 aliphatic rings. The van der Waals surface area contributed by atoms with Crippen molar-refractivity contribution in [1.82, 2.24) is 0 Å². The van der Waals surface area contributed by atoms with Crippen LogP contribution in [0.5, 0.6) is 0 Å². The lowest BCUT2D eigenvalue weighted by Gasteiger charge is -2.15. The SMILES string of the molecule is CCCCCCC[C@@H](O)[C@H](O)CC#CC#C[C@@H](O)/C=C/c1ccccc1. The third-order valence-electron chi connectivity index (χ3n) is 4.00. The van der Waals surface area contributed by atoms with E-state index in [9.17, 15) is 15.3 Å². The summed E-state index contributed by atoms with van der Waals surface area (Å²) in [6, 6.07) is 9.66.